The smallest absolute Gasteiger partial charge is 0.0525 e. The average Bonchev–Trinajstić information content (AvgIpc) is 2.06. The van der Waals surface area contributed by atoms with E-state index in [0.717, 1.165) is 17.5 Å². The third-order valence-electron chi connectivity index (χ3n) is 1.16. The van der Waals surface area contributed by atoms with E-state index in [4.69, 9.17) is 0 Å². The third-order valence-corrected chi connectivity index (χ3v) is 3.63. The molecule has 1 atom stereocenters. The van der Waals surface area contributed by atoms with Crippen LogP contribution in [-0.2, 0) is 0 Å². The molecule has 2 nitrogen and oxygen atoms in total. The van der Waals surface area contributed by atoms with Crippen LogP contribution in [0.2, 0.25) is 0 Å². The van der Waals surface area contributed by atoms with Gasteiger partial charge in [0.2, 0.25) is 0 Å². The first kappa shape index (κ1) is 13.3. The van der Waals surface area contributed by atoms with Crippen LogP contribution in [0.5, 0.6) is 0 Å². The topological polar surface area (TPSA) is 24.1 Å². The number of thiol groups is 1. The first-order valence-corrected chi connectivity index (χ1v) is 8.00. The SMILES string of the molecule is CSSCNC(C)CNSCS. The van der Waals surface area contributed by atoms with Crippen molar-refractivity contribution in [1.82, 2.24) is 10.0 Å². The Hall–Kier alpha value is 1.32. The molecule has 0 aliphatic carbocycles. The van der Waals surface area contributed by atoms with Crippen LogP contribution >= 0.6 is 46.2 Å². The number of rotatable bonds is 8. The van der Waals surface area contributed by atoms with Gasteiger partial charge in [0, 0.05) is 12.6 Å². The normalized spacial score (nSPS) is 13.2. The number of hydrogen-bond donors (Lipinski definition) is 3. The van der Waals surface area contributed by atoms with Crippen LogP contribution in [0.15, 0.2) is 0 Å². The predicted molar refractivity (Wildman–Crippen MR) is 68.0 cm³/mol. The van der Waals surface area contributed by atoms with Crippen molar-refractivity contribution in [3.63, 3.8) is 0 Å². The highest BCUT2D eigenvalue weighted by Crippen LogP contribution is 2.14. The monoisotopic (exact) mass is 244 g/mol. The van der Waals surface area contributed by atoms with Gasteiger partial charge in [0.05, 0.1) is 11.0 Å². The van der Waals surface area contributed by atoms with Crippen molar-refractivity contribution in [2.24, 2.45) is 0 Å². The summed E-state index contributed by atoms with van der Waals surface area (Å²) < 4.78 is 3.22. The molecule has 0 radical (unpaired) electrons. The third kappa shape index (κ3) is 9.41. The Morgan fingerprint density at radius 1 is 1.50 bits per heavy atom. The van der Waals surface area contributed by atoms with Crippen molar-refractivity contribution in [3.05, 3.63) is 0 Å². The molecule has 1 unspecified atom stereocenters. The molecule has 0 aromatic heterocycles. The molecular weight excluding hydrogens is 228 g/mol. The van der Waals surface area contributed by atoms with E-state index < -0.39 is 0 Å². The van der Waals surface area contributed by atoms with E-state index in [-0.39, 0.29) is 0 Å². The van der Waals surface area contributed by atoms with Crippen LogP contribution in [0.3, 0.4) is 0 Å². The Labute approximate surface area is 92.7 Å². The molecule has 0 aliphatic heterocycles. The fraction of sp³-hybridized carbons (Fsp3) is 1.00. The molecule has 0 aromatic rings. The molecule has 0 aliphatic rings. The van der Waals surface area contributed by atoms with E-state index in [1.54, 1.807) is 22.7 Å². The lowest BCUT2D eigenvalue weighted by molar-refractivity contribution is 0.596. The molecule has 74 valence electrons. The minimum atomic E-state index is 0.525. The van der Waals surface area contributed by atoms with Crippen LogP contribution in [0.4, 0.5) is 0 Å². The molecule has 2 N–H and O–H groups in total. The van der Waals surface area contributed by atoms with Crippen molar-refractivity contribution in [1.29, 1.82) is 0 Å². The quantitative estimate of drug-likeness (QED) is 0.200. The van der Waals surface area contributed by atoms with Crippen molar-refractivity contribution < 1.29 is 0 Å². The molecule has 0 fully saturated rings. The standard InChI is InChI=1S/C6H16N2S4/c1-6(3-8-11-5-9)7-4-12-10-2/h6-9H,3-5H2,1-2H3. The maximum Gasteiger partial charge on any atom is 0.0525 e. The summed E-state index contributed by atoms with van der Waals surface area (Å²) in [5.41, 5.74) is 0. The molecule has 0 heterocycles. The van der Waals surface area contributed by atoms with Crippen LogP contribution in [0.25, 0.3) is 0 Å². The van der Waals surface area contributed by atoms with Gasteiger partial charge in [-0.1, -0.05) is 33.5 Å². The van der Waals surface area contributed by atoms with Gasteiger partial charge in [-0.15, -0.1) is 0 Å². The zero-order chi connectivity index (χ0) is 9.23. The number of nitrogens with one attached hydrogen (secondary N) is 2. The van der Waals surface area contributed by atoms with E-state index in [9.17, 15) is 0 Å². The van der Waals surface area contributed by atoms with E-state index in [0.29, 0.717) is 6.04 Å². The minimum absolute atomic E-state index is 0.525. The highest BCUT2D eigenvalue weighted by molar-refractivity contribution is 8.76. The van der Waals surface area contributed by atoms with Crippen LogP contribution in [-0.4, -0.2) is 29.8 Å². The lowest BCUT2D eigenvalue weighted by Crippen LogP contribution is -2.33. The Kier molecular flexibility index (Phi) is 11.5. The van der Waals surface area contributed by atoms with E-state index in [1.165, 1.54) is 0 Å². The molecule has 0 saturated carbocycles. The van der Waals surface area contributed by atoms with Gasteiger partial charge in [0.15, 0.2) is 0 Å². The first-order valence-electron chi connectivity index (χ1n) is 3.65. The summed E-state index contributed by atoms with van der Waals surface area (Å²) in [7, 11) is 3.62. The van der Waals surface area contributed by atoms with E-state index in [1.807, 2.05) is 10.8 Å². The van der Waals surface area contributed by atoms with Crippen molar-refractivity contribution in [2.75, 3.05) is 23.8 Å². The highest BCUT2D eigenvalue weighted by atomic mass is 33.1. The molecule has 0 aromatic carbocycles. The molecule has 12 heavy (non-hydrogen) atoms. The van der Waals surface area contributed by atoms with Crippen LogP contribution in [0.1, 0.15) is 6.92 Å². The van der Waals surface area contributed by atoms with Crippen LogP contribution in [0, 0.1) is 0 Å². The second-order valence-corrected chi connectivity index (χ2v) is 6.33. The molecule has 6 heteroatoms. The van der Waals surface area contributed by atoms with Gasteiger partial charge in [-0.05, 0) is 13.2 Å². The van der Waals surface area contributed by atoms with Crippen molar-refractivity contribution in [2.45, 2.75) is 13.0 Å². The number of hydrogen-bond acceptors (Lipinski definition) is 6. The lowest BCUT2D eigenvalue weighted by Gasteiger charge is -2.12. The minimum Gasteiger partial charge on any atom is -0.303 e. The summed E-state index contributed by atoms with van der Waals surface area (Å²) >= 11 is 5.72. The Bertz CT molecular complexity index is 83.6. The van der Waals surface area contributed by atoms with Crippen molar-refractivity contribution in [3.8, 4) is 0 Å². The summed E-state index contributed by atoms with van der Waals surface area (Å²) in [5.74, 6) is 1.01. The highest BCUT2D eigenvalue weighted by Gasteiger charge is 1.98. The average molecular weight is 244 g/mol. The van der Waals surface area contributed by atoms with Gasteiger partial charge in [-0.3, -0.25) is 4.72 Å². The lowest BCUT2D eigenvalue weighted by atomic mass is 10.4. The van der Waals surface area contributed by atoms with E-state index in [2.05, 4.69) is 35.8 Å². The van der Waals surface area contributed by atoms with Crippen LogP contribution < -0.4 is 10.0 Å². The molecule has 0 amide bonds. The maximum atomic E-state index is 4.08. The first-order chi connectivity index (χ1) is 5.81. The summed E-state index contributed by atoms with van der Waals surface area (Å²) in [6.45, 7) is 3.16. The van der Waals surface area contributed by atoms with Gasteiger partial charge >= 0.3 is 0 Å². The molecule has 0 bridgehead atoms. The summed E-state index contributed by atoms with van der Waals surface area (Å²) in [5, 5.41) is 4.21. The summed E-state index contributed by atoms with van der Waals surface area (Å²) in [4.78, 5) is 0. The summed E-state index contributed by atoms with van der Waals surface area (Å²) in [6, 6.07) is 0.525. The fourth-order valence-electron chi connectivity index (χ4n) is 0.537. The molecule has 0 rings (SSSR count). The Morgan fingerprint density at radius 3 is 2.83 bits per heavy atom. The fourth-order valence-corrected chi connectivity index (χ4v) is 2.30. The predicted octanol–water partition coefficient (Wildman–Crippen LogP) is 2.06. The van der Waals surface area contributed by atoms with E-state index >= 15 is 0 Å². The molecular formula is C6H16N2S4. The Balaban J connectivity index is 3.04. The van der Waals surface area contributed by atoms with Gasteiger partial charge in [-0.2, -0.15) is 12.6 Å². The second-order valence-electron chi connectivity index (χ2n) is 2.16. The van der Waals surface area contributed by atoms with Gasteiger partial charge in [-0.25, -0.2) is 0 Å². The van der Waals surface area contributed by atoms with Crippen molar-refractivity contribution >= 4 is 46.2 Å². The zero-order valence-electron chi connectivity index (χ0n) is 7.37. The van der Waals surface area contributed by atoms with Gasteiger partial charge in [0.25, 0.3) is 0 Å². The molecule has 0 spiro atoms. The maximum absolute atomic E-state index is 4.08. The second kappa shape index (κ2) is 10.4. The van der Waals surface area contributed by atoms with Gasteiger partial charge in [0.1, 0.15) is 0 Å². The zero-order valence-corrected chi connectivity index (χ0v) is 10.7. The Morgan fingerprint density at radius 2 is 2.25 bits per heavy atom. The van der Waals surface area contributed by atoms with Gasteiger partial charge < -0.3 is 5.32 Å². The molecule has 0 saturated heterocycles. The summed E-state index contributed by atoms with van der Waals surface area (Å²) in [6.07, 6.45) is 2.09. The largest absolute Gasteiger partial charge is 0.303 e.